The maximum Gasteiger partial charge on any atom is 0.213 e. The van der Waals surface area contributed by atoms with Gasteiger partial charge in [-0.15, -0.1) is 0 Å². The van der Waals surface area contributed by atoms with Crippen molar-refractivity contribution >= 4 is 5.69 Å². The first-order valence-corrected chi connectivity index (χ1v) is 4.63. The van der Waals surface area contributed by atoms with Crippen molar-refractivity contribution in [1.29, 1.82) is 0 Å². The minimum absolute atomic E-state index is 0.491. The first kappa shape index (κ1) is 10.3. The van der Waals surface area contributed by atoms with Crippen LogP contribution in [0.1, 0.15) is 0 Å². The Labute approximate surface area is 92.4 Å². The van der Waals surface area contributed by atoms with Crippen molar-refractivity contribution in [3.8, 4) is 22.9 Å². The summed E-state index contributed by atoms with van der Waals surface area (Å²) < 4.78 is 10.3. The lowest BCUT2D eigenvalue weighted by molar-refractivity contribution is 0.388. The summed E-state index contributed by atoms with van der Waals surface area (Å²) >= 11 is 0. The van der Waals surface area contributed by atoms with Gasteiger partial charge in [-0.1, -0.05) is 0 Å². The minimum atomic E-state index is 0.491. The number of H-pyrrole nitrogens is 1. The number of nitrogen functional groups attached to an aromatic ring is 1. The van der Waals surface area contributed by atoms with E-state index in [4.69, 9.17) is 15.2 Å². The van der Waals surface area contributed by atoms with Gasteiger partial charge in [0.1, 0.15) is 5.75 Å². The number of anilines is 1. The zero-order chi connectivity index (χ0) is 11.5. The Morgan fingerprint density at radius 1 is 1.25 bits per heavy atom. The molecule has 3 N–H and O–H groups in total. The van der Waals surface area contributed by atoms with E-state index in [1.165, 1.54) is 0 Å². The van der Waals surface area contributed by atoms with Crippen LogP contribution in [0.2, 0.25) is 0 Å². The van der Waals surface area contributed by atoms with Crippen LogP contribution in [0.4, 0.5) is 5.69 Å². The Kier molecular flexibility index (Phi) is 2.63. The molecule has 2 heterocycles. The number of hydrogen-bond acceptors (Lipinski definition) is 5. The standard InChI is InChI=1S/C10H12N4O2/c1-15-8-5-12-9(16-2)3-6(8)10-7(11)4-13-14-10/h3-5H,11H2,1-2H3,(H,13,14). The molecule has 0 unspecified atom stereocenters. The number of pyridine rings is 1. The Bertz CT molecular complexity index is 495. The normalized spacial score (nSPS) is 10.1. The SMILES string of the molecule is COc1cc(-c2[nH]ncc2N)c(OC)cn1. The van der Waals surface area contributed by atoms with Crippen LogP contribution in [0.5, 0.6) is 11.6 Å². The zero-order valence-corrected chi connectivity index (χ0v) is 9.02. The van der Waals surface area contributed by atoms with Crippen molar-refractivity contribution in [1.82, 2.24) is 15.2 Å². The number of nitrogens with zero attached hydrogens (tertiary/aromatic N) is 2. The summed E-state index contributed by atoms with van der Waals surface area (Å²) in [6.07, 6.45) is 3.12. The molecular formula is C10H12N4O2. The number of aromatic amines is 1. The van der Waals surface area contributed by atoms with Gasteiger partial charge >= 0.3 is 0 Å². The molecule has 0 amide bonds. The first-order chi connectivity index (χ1) is 7.76. The maximum absolute atomic E-state index is 5.78. The largest absolute Gasteiger partial charge is 0.494 e. The van der Waals surface area contributed by atoms with Gasteiger partial charge < -0.3 is 15.2 Å². The van der Waals surface area contributed by atoms with Crippen molar-refractivity contribution in [2.75, 3.05) is 20.0 Å². The summed E-state index contributed by atoms with van der Waals surface area (Å²) in [7, 11) is 3.12. The maximum atomic E-state index is 5.78. The molecule has 0 aromatic carbocycles. The minimum Gasteiger partial charge on any atom is -0.494 e. The van der Waals surface area contributed by atoms with E-state index in [2.05, 4.69) is 15.2 Å². The van der Waals surface area contributed by atoms with E-state index >= 15 is 0 Å². The van der Waals surface area contributed by atoms with Gasteiger partial charge in [-0.3, -0.25) is 5.10 Å². The Morgan fingerprint density at radius 3 is 2.62 bits per heavy atom. The summed E-state index contributed by atoms with van der Waals surface area (Å²) in [6, 6.07) is 1.74. The molecule has 2 aromatic rings. The average molecular weight is 220 g/mol. The molecule has 84 valence electrons. The molecule has 0 saturated carbocycles. The van der Waals surface area contributed by atoms with Gasteiger partial charge in [0.05, 0.1) is 43.6 Å². The van der Waals surface area contributed by atoms with Crippen LogP contribution < -0.4 is 15.2 Å². The lowest BCUT2D eigenvalue weighted by Gasteiger charge is -2.08. The molecule has 0 atom stereocenters. The number of methoxy groups -OCH3 is 2. The summed E-state index contributed by atoms with van der Waals surface area (Å²) in [6.45, 7) is 0. The number of ether oxygens (including phenoxy) is 2. The van der Waals surface area contributed by atoms with E-state index < -0.39 is 0 Å². The fourth-order valence-electron chi connectivity index (χ4n) is 1.40. The highest BCUT2D eigenvalue weighted by Gasteiger charge is 2.12. The van der Waals surface area contributed by atoms with Gasteiger partial charge in [0, 0.05) is 6.07 Å². The second-order valence-electron chi connectivity index (χ2n) is 3.13. The molecule has 0 aliphatic heterocycles. The van der Waals surface area contributed by atoms with Gasteiger partial charge in [0.2, 0.25) is 5.88 Å². The van der Waals surface area contributed by atoms with Crippen molar-refractivity contribution < 1.29 is 9.47 Å². The molecule has 2 rings (SSSR count). The van der Waals surface area contributed by atoms with Crippen LogP contribution >= 0.6 is 0 Å². The highest BCUT2D eigenvalue weighted by Crippen LogP contribution is 2.33. The molecule has 0 bridgehead atoms. The zero-order valence-electron chi connectivity index (χ0n) is 9.02. The lowest BCUT2D eigenvalue weighted by Crippen LogP contribution is -1.95. The van der Waals surface area contributed by atoms with E-state index in [1.54, 1.807) is 32.7 Å². The molecule has 0 aliphatic carbocycles. The second kappa shape index (κ2) is 4.09. The number of nitrogens with two attached hydrogens (primary N) is 1. The molecule has 0 aliphatic rings. The van der Waals surface area contributed by atoms with Gasteiger partial charge in [-0.25, -0.2) is 4.98 Å². The predicted octanol–water partition coefficient (Wildman–Crippen LogP) is 1.07. The third-order valence-corrected chi connectivity index (χ3v) is 2.21. The predicted molar refractivity (Wildman–Crippen MR) is 59.3 cm³/mol. The molecular weight excluding hydrogens is 208 g/mol. The van der Waals surface area contributed by atoms with Gasteiger partial charge in [-0.2, -0.15) is 5.10 Å². The molecule has 0 saturated heterocycles. The number of nitrogens with one attached hydrogen (secondary N) is 1. The topological polar surface area (TPSA) is 86.0 Å². The highest BCUT2D eigenvalue weighted by atomic mass is 16.5. The summed E-state index contributed by atoms with van der Waals surface area (Å²) in [5.41, 5.74) is 7.78. The van der Waals surface area contributed by atoms with Crippen LogP contribution in [0.15, 0.2) is 18.5 Å². The Balaban J connectivity index is 2.57. The fraction of sp³-hybridized carbons (Fsp3) is 0.200. The lowest BCUT2D eigenvalue weighted by atomic mass is 10.1. The van der Waals surface area contributed by atoms with E-state index in [0.717, 1.165) is 5.56 Å². The van der Waals surface area contributed by atoms with Crippen molar-refractivity contribution in [2.24, 2.45) is 0 Å². The van der Waals surface area contributed by atoms with E-state index in [-0.39, 0.29) is 0 Å². The number of aromatic nitrogens is 3. The van der Waals surface area contributed by atoms with Crippen LogP contribution in [-0.4, -0.2) is 29.4 Å². The summed E-state index contributed by atoms with van der Waals surface area (Å²) in [5, 5.41) is 6.67. The molecule has 16 heavy (non-hydrogen) atoms. The van der Waals surface area contributed by atoms with Crippen LogP contribution in [0, 0.1) is 0 Å². The number of hydrogen-bond donors (Lipinski definition) is 2. The van der Waals surface area contributed by atoms with Crippen molar-refractivity contribution in [2.45, 2.75) is 0 Å². The van der Waals surface area contributed by atoms with E-state index in [0.29, 0.717) is 23.0 Å². The van der Waals surface area contributed by atoms with E-state index in [1.807, 2.05) is 0 Å². The van der Waals surface area contributed by atoms with Crippen molar-refractivity contribution in [3.63, 3.8) is 0 Å². The quantitative estimate of drug-likeness (QED) is 0.808. The fourth-order valence-corrected chi connectivity index (χ4v) is 1.40. The number of rotatable bonds is 3. The smallest absolute Gasteiger partial charge is 0.213 e. The third-order valence-electron chi connectivity index (χ3n) is 2.21. The molecule has 6 heteroatoms. The summed E-state index contributed by atoms with van der Waals surface area (Å²) in [5.74, 6) is 1.10. The van der Waals surface area contributed by atoms with Crippen molar-refractivity contribution in [3.05, 3.63) is 18.5 Å². The van der Waals surface area contributed by atoms with Gasteiger partial charge in [0.25, 0.3) is 0 Å². The van der Waals surface area contributed by atoms with Gasteiger partial charge in [0.15, 0.2) is 0 Å². The van der Waals surface area contributed by atoms with E-state index in [9.17, 15) is 0 Å². The van der Waals surface area contributed by atoms with Gasteiger partial charge in [-0.05, 0) is 0 Å². The second-order valence-corrected chi connectivity index (χ2v) is 3.13. The first-order valence-electron chi connectivity index (χ1n) is 4.63. The van der Waals surface area contributed by atoms with Crippen LogP contribution in [0.25, 0.3) is 11.3 Å². The Hall–Kier alpha value is -2.24. The molecule has 6 nitrogen and oxygen atoms in total. The third kappa shape index (κ3) is 1.65. The molecule has 0 radical (unpaired) electrons. The Morgan fingerprint density at radius 2 is 2.06 bits per heavy atom. The van der Waals surface area contributed by atoms with Crippen LogP contribution in [0.3, 0.4) is 0 Å². The highest BCUT2D eigenvalue weighted by molar-refractivity contribution is 5.76. The van der Waals surface area contributed by atoms with Crippen LogP contribution in [-0.2, 0) is 0 Å². The average Bonchev–Trinajstić information content (AvgIpc) is 2.74. The molecule has 2 aromatic heterocycles. The monoisotopic (exact) mass is 220 g/mol. The molecule has 0 fully saturated rings. The molecule has 0 spiro atoms. The summed E-state index contributed by atoms with van der Waals surface area (Å²) in [4.78, 5) is 4.05.